The van der Waals surface area contributed by atoms with Gasteiger partial charge in [0.05, 0.1) is 0 Å². The van der Waals surface area contributed by atoms with Crippen LogP contribution in [0.4, 0.5) is 0 Å². The van der Waals surface area contributed by atoms with Crippen molar-refractivity contribution in [3.05, 3.63) is 34.4 Å². The number of nitrogens with one attached hydrogen (secondary N) is 1. The predicted octanol–water partition coefficient (Wildman–Crippen LogP) is 3.57. The molecule has 0 aromatic heterocycles. The van der Waals surface area contributed by atoms with E-state index in [1.165, 1.54) is 35.1 Å². The third-order valence-electron chi connectivity index (χ3n) is 4.55. The van der Waals surface area contributed by atoms with Gasteiger partial charge in [0.2, 0.25) is 0 Å². The fourth-order valence-corrected chi connectivity index (χ4v) is 3.51. The number of aryl methyl sites for hydroxylation is 3. The largest absolute Gasteiger partial charge is 0.311 e. The number of piperazine rings is 1. The van der Waals surface area contributed by atoms with Gasteiger partial charge in [0.15, 0.2) is 0 Å². The average Bonchev–Trinajstić information content (AvgIpc) is 2.37. The van der Waals surface area contributed by atoms with Gasteiger partial charge in [-0.05, 0) is 50.8 Å². The molecular weight excluding hydrogens is 244 g/mol. The minimum Gasteiger partial charge on any atom is -0.311 e. The zero-order valence-electron chi connectivity index (χ0n) is 13.8. The molecule has 2 nitrogen and oxygen atoms in total. The summed E-state index contributed by atoms with van der Waals surface area (Å²) in [5.74, 6) is 0. The number of rotatable bonds is 4. The van der Waals surface area contributed by atoms with Crippen LogP contribution in [0.3, 0.4) is 0 Å². The van der Waals surface area contributed by atoms with Gasteiger partial charge in [-0.3, -0.25) is 4.90 Å². The minimum absolute atomic E-state index is 0.606. The first-order valence-electron chi connectivity index (χ1n) is 8.05. The fraction of sp³-hybridized carbons (Fsp3) is 0.667. The Labute approximate surface area is 124 Å². The summed E-state index contributed by atoms with van der Waals surface area (Å²) in [6.45, 7) is 14.7. The van der Waals surface area contributed by atoms with E-state index >= 15 is 0 Å². The summed E-state index contributed by atoms with van der Waals surface area (Å²) in [4.78, 5) is 2.69. The Kier molecular flexibility index (Phi) is 5.22. The lowest BCUT2D eigenvalue weighted by molar-refractivity contribution is 0.119. The number of hydrogen-bond donors (Lipinski definition) is 1. The highest BCUT2D eigenvalue weighted by molar-refractivity contribution is 5.37. The summed E-state index contributed by atoms with van der Waals surface area (Å²) in [5.41, 5.74) is 5.81. The molecule has 1 aromatic rings. The molecule has 0 spiro atoms. The lowest BCUT2D eigenvalue weighted by atomic mass is 9.97. The average molecular weight is 274 g/mol. The van der Waals surface area contributed by atoms with Crippen LogP contribution in [0.2, 0.25) is 0 Å². The highest BCUT2D eigenvalue weighted by Crippen LogP contribution is 2.22. The third kappa shape index (κ3) is 3.62. The summed E-state index contributed by atoms with van der Waals surface area (Å²) in [6.07, 6.45) is 2.56. The molecule has 0 radical (unpaired) electrons. The topological polar surface area (TPSA) is 15.3 Å². The molecule has 1 aliphatic rings. The molecule has 2 heteroatoms. The van der Waals surface area contributed by atoms with E-state index < -0.39 is 0 Å². The van der Waals surface area contributed by atoms with Gasteiger partial charge in [-0.2, -0.15) is 0 Å². The molecule has 1 fully saturated rings. The first-order valence-corrected chi connectivity index (χ1v) is 8.05. The van der Waals surface area contributed by atoms with Crippen molar-refractivity contribution in [2.45, 2.75) is 66.1 Å². The summed E-state index contributed by atoms with van der Waals surface area (Å²) in [6, 6.07) is 5.94. The summed E-state index contributed by atoms with van der Waals surface area (Å²) >= 11 is 0. The second-order valence-corrected chi connectivity index (χ2v) is 6.56. The molecule has 112 valence electrons. The SMILES string of the molecule is CCCC1CNC(C)CN1Cc1c(C)cc(C)cc1C. The zero-order valence-corrected chi connectivity index (χ0v) is 13.8. The van der Waals surface area contributed by atoms with Crippen LogP contribution in [0.1, 0.15) is 48.9 Å². The van der Waals surface area contributed by atoms with Crippen LogP contribution in [0.5, 0.6) is 0 Å². The van der Waals surface area contributed by atoms with Gasteiger partial charge in [0.25, 0.3) is 0 Å². The molecule has 0 amide bonds. The van der Waals surface area contributed by atoms with Crippen LogP contribution in [-0.4, -0.2) is 30.1 Å². The number of benzene rings is 1. The highest BCUT2D eigenvalue weighted by Gasteiger charge is 2.25. The molecule has 0 aliphatic carbocycles. The zero-order chi connectivity index (χ0) is 14.7. The number of nitrogens with zero attached hydrogens (tertiary/aromatic N) is 1. The Morgan fingerprint density at radius 2 is 1.85 bits per heavy atom. The second-order valence-electron chi connectivity index (χ2n) is 6.56. The van der Waals surface area contributed by atoms with Crippen LogP contribution in [0, 0.1) is 20.8 Å². The van der Waals surface area contributed by atoms with Gasteiger partial charge in [0.1, 0.15) is 0 Å². The van der Waals surface area contributed by atoms with E-state index in [4.69, 9.17) is 0 Å². The molecule has 0 saturated carbocycles. The Morgan fingerprint density at radius 3 is 2.45 bits per heavy atom. The lowest BCUT2D eigenvalue weighted by Gasteiger charge is -2.40. The predicted molar refractivity (Wildman–Crippen MR) is 87.2 cm³/mol. The van der Waals surface area contributed by atoms with Crippen LogP contribution in [0.25, 0.3) is 0 Å². The van der Waals surface area contributed by atoms with Gasteiger partial charge in [-0.15, -0.1) is 0 Å². The quantitative estimate of drug-likeness (QED) is 0.903. The van der Waals surface area contributed by atoms with Crippen LogP contribution >= 0.6 is 0 Å². The minimum atomic E-state index is 0.606. The maximum absolute atomic E-state index is 3.63. The maximum atomic E-state index is 3.63. The van der Waals surface area contributed by atoms with Crippen molar-refractivity contribution in [3.8, 4) is 0 Å². The molecular formula is C18H30N2. The van der Waals surface area contributed by atoms with E-state index in [2.05, 4.69) is 57.0 Å². The van der Waals surface area contributed by atoms with Crippen LogP contribution in [-0.2, 0) is 6.54 Å². The summed E-state index contributed by atoms with van der Waals surface area (Å²) < 4.78 is 0. The van der Waals surface area contributed by atoms with Crippen molar-refractivity contribution in [1.29, 1.82) is 0 Å². The Bertz CT molecular complexity index is 430. The Morgan fingerprint density at radius 1 is 1.20 bits per heavy atom. The van der Waals surface area contributed by atoms with Gasteiger partial charge < -0.3 is 5.32 Å². The smallest absolute Gasteiger partial charge is 0.0243 e. The third-order valence-corrected chi connectivity index (χ3v) is 4.55. The fourth-order valence-electron chi connectivity index (χ4n) is 3.51. The standard InChI is InChI=1S/C18H30N2/c1-6-7-17-10-19-16(5)11-20(17)12-18-14(3)8-13(2)9-15(18)4/h8-9,16-17,19H,6-7,10-12H2,1-5H3. The van der Waals surface area contributed by atoms with Gasteiger partial charge in [-0.1, -0.05) is 31.0 Å². The van der Waals surface area contributed by atoms with E-state index in [1.54, 1.807) is 0 Å². The molecule has 1 saturated heterocycles. The normalized spacial score (nSPS) is 24.1. The van der Waals surface area contributed by atoms with E-state index in [0.29, 0.717) is 12.1 Å². The molecule has 20 heavy (non-hydrogen) atoms. The molecule has 2 rings (SSSR count). The first-order chi connectivity index (χ1) is 9.51. The highest BCUT2D eigenvalue weighted by atomic mass is 15.2. The second kappa shape index (κ2) is 6.73. The van der Waals surface area contributed by atoms with E-state index in [0.717, 1.165) is 19.6 Å². The van der Waals surface area contributed by atoms with Crippen molar-refractivity contribution >= 4 is 0 Å². The van der Waals surface area contributed by atoms with E-state index in [1.807, 2.05) is 0 Å². The van der Waals surface area contributed by atoms with Crippen LogP contribution in [0.15, 0.2) is 12.1 Å². The summed E-state index contributed by atoms with van der Waals surface area (Å²) in [7, 11) is 0. The van der Waals surface area contributed by atoms with Crippen molar-refractivity contribution in [1.82, 2.24) is 10.2 Å². The van der Waals surface area contributed by atoms with Gasteiger partial charge >= 0.3 is 0 Å². The van der Waals surface area contributed by atoms with Gasteiger partial charge in [-0.25, -0.2) is 0 Å². The van der Waals surface area contributed by atoms with Crippen molar-refractivity contribution in [2.24, 2.45) is 0 Å². The molecule has 2 unspecified atom stereocenters. The summed E-state index contributed by atoms with van der Waals surface area (Å²) in [5, 5.41) is 3.63. The Hall–Kier alpha value is -0.860. The van der Waals surface area contributed by atoms with E-state index in [-0.39, 0.29) is 0 Å². The molecule has 2 atom stereocenters. The van der Waals surface area contributed by atoms with E-state index in [9.17, 15) is 0 Å². The lowest BCUT2D eigenvalue weighted by Crippen LogP contribution is -2.55. The van der Waals surface area contributed by atoms with Gasteiger partial charge in [0, 0.05) is 31.7 Å². The Balaban J connectivity index is 2.17. The van der Waals surface area contributed by atoms with Crippen LogP contribution < -0.4 is 5.32 Å². The maximum Gasteiger partial charge on any atom is 0.0243 e. The van der Waals surface area contributed by atoms with Crippen molar-refractivity contribution < 1.29 is 0 Å². The molecule has 1 heterocycles. The molecule has 0 bridgehead atoms. The monoisotopic (exact) mass is 274 g/mol. The first kappa shape index (κ1) is 15.5. The molecule has 1 aromatic carbocycles. The molecule has 1 aliphatic heterocycles. The number of hydrogen-bond acceptors (Lipinski definition) is 2. The van der Waals surface area contributed by atoms with Crippen molar-refractivity contribution in [3.63, 3.8) is 0 Å². The van der Waals surface area contributed by atoms with Crippen molar-refractivity contribution in [2.75, 3.05) is 13.1 Å². The molecule has 1 N–H and O–H groups in total.